The maximum absolute atomic E-state index is 13.3. The normalized spacial score (nSPS) is 23.9. The largest absolute Gasteiger partial charge is 0.394 e. The van der Waals surface area contributed by atoms with Crippen molar-refractivity contribution < 1.29 is 64.6 Å². The number of hydrogen-bond donors (Lipinski definition) is 9. The number of carbonyl (C=O) groups excluding carboxylic acids is 1. The Morgan fingerprint density at radius 2 is 0.812 bits per heavy atom. The summed E-state index contributed by atoms with van der Waals surface area (Å²) in [5, 5.41) is 87.4. The minimum absolute atomic E-state index is 0.237. The summed E-state index contributed by atoms with van der Waals surface area (Å²) in [4.78, 5) is 13.3. The van der Waals surface area contributed by atoms with Crippen LogP contribution in [0.1, 0.15) is 290 Å². The zero-order valence-corrected chi connectivity index (χ0v) is 53.8. The highest BCUT2D eigenvalue weighted by Gasteiger charge is 2.51. The van der Waals surface area contributed by atoms with E-state index in [1.165, 1.54) is 199 Å². The first kappa shape index (κ1) is 78.8. The van der Waals surface area contributed by atoms with Gasteiger partial charge in [-0.25, -0.2) is 0 Å². The monoisotopic (exact) mass is 1200 g/mol. The van der Waals surface area contributed by atoms with E-state index in [0.717, 1.165) is 64.2 Å². The molecule has 2 fully saturated rings. The van der Waals surface area contributed by atoms with Gasteiger partial charge in [0.05, 0.1) is 32.0 Å². The molecule has 0 spiro atoms. The Morgan fingerprint density at radius 3 is 1.25 bits per heavy atom. The van der Waals surface area contributed by atoms with Gasteiger partial charge in [-0.2, -0.15) is 0 Å². The summed E-state index contributed by atoms with van der Waals surface area (Å²) in [5.74, 6) is -0.237. The van der Waals surface area contributed by atoms with E-state index >= 15 is 0 Å². The van der Waals surface area contributed by atoms with Gasteiger partial charge in [0.2, 0.25) is 5.91 Å². The van der Waals surface area contributed by atoms with Gasteiger partial charge in [-0.1, -0.05) is 286 Å². The Hall–Kier alpha value is -2.31. The van der Waals surface area contributed by atoms with Crippen molar-refractivity contribution in [1.82, 2.24) is 5.32 Å². The summed E-state index contributed by atoms with van der Waals surface area (Å²) in [6.07, 6.45) is 57.0. The van der Waals surface area contributed by atoms with Crippen LogP contribution in [0.5, 0.6) is 0 Å². The number of allylic oxidation sites excluding steroid dienone is 9. The number of ether oxygens (including phenoxy) is 4. The Morgan fingerprint density at radius 1 is 0.435 bits per heavy atom. The third kappa shape index (κ3) is 40.1. The molecule has 0 aromatic carbocycles. The lowest BCUT2D eigenvalue weighted by Gasteiger charge is -2.46. The zero-order chi connectivity index (χ0) is 61.6. The molecule has 0 saturated carbocycles. The van der Waals surface area contributed by atoms with Gasteiger partial charge >= 0.3 is 0 Å². The Kier molecular flexibility index (Phi) is 51.7. The maximum atomic E-state index is 13.3. The van der Waals surface area contributed by atoms with Crippen molar-refractivity contribution >= 4 is 5.91 Å². The first-order valence-electron chi connectivity index (χ1n) is 35.0. The van der Waals surface area contributed by atoms with E-state index in [-0.39, 0.29) is 18.9 Å². The predicted octanol–water partition coefficient (Wildman–Crippen LogP) is 14.1. The third-order valence-corrected chi connectivity index (χ3v) is 17.0. The summed E-state index contributed by atoms with van der Waals surface area (Å²) in [6.45, 7) is 2.72. The summed E-state index contributed by atoms with van der Waals surface area (Å²) < 4.78 is 22.9. The highest BCUT2D eigenvalue weighted by atomic mass is 16.7. The van der Waals surface area contributed by atoms with Gasteiger partial charge in [-0.15, -0.1) is 0 Å². The second-order valence-electron chi connectivity index (χ2n) is 24.6. The molecule has 2 rings (SSSR count). The van der Waals surface area contributed by atoms with Crippen LogP contribution in [-0.4, -0.2) is 140 Å². The fraction of sp³-hybridized carbons (Fsp3) is 0.845. The second kappa shape index (κ2) is 55.7. The van der Waals surface area contributed by atoms with Gasteiger partial charge in [-0.3, -0.25) is 4.79 Å². The summed E-state index contributed by atoms with van der Waals surface area (Å²) >= 11 is 0. The zero-order valence-electron chi connectivity index (χ0n) is 53.8. The number of unbranched alkanes of at least 4 members (excludes halogenated alkanes) is 36. The van der Waals surface area contributed by atoms with Crippen molar-refractivity contribution in [2.75, 3.05) is 19.8 Å². The van der Waals surface area contributed by atoms with Gasteiger partial charge in [0.25, 0.3) is 0 Å². The molecule has 0 aromatic heterocycles. The lowest BCUT2D eigenvalue weighted by molar-refractivity contribution is -0.359. The van der Waals surface area contributed by atoms with E-state index in [1.54, 1.807) is 6.08 Å². The summed E-state index contributed by atoms with van der Waals surface area (Å²) in [7, 11) is 0. The van der Waals surface area contributed by atoms with Gasteiger partial charge in [0.15, 0.2) is 12.6 Å². The van der Waals surface area contributed by atoms with E-state index in [1.807, 2.05) is 6.08 Å². The van der Waals surface area contributed by atoms with Crippen LogP contribution in [0.2, 0.25) is 0 Å². The van der Waals surface area contributed by atoms with Gasteiger partial charge in [0.1, 0.15) is 48.8 Å². The number of nitrogens with one attached hydrogen (secondary N) is 1. The van der Waals surface area contributed by atoms with Crippen molar-refractivity contribution in [2.45, 2.75) is 364 Å². The number of carbonyl (C=O) groups is 1. The molecule has 0 aromatic rings. The van der Waals surface area contributed by atoms with Crippen molar-refractivity contribution in [3.05, 3.63) is 60.8 Å². The molecule has 9 N–H and O–H groups in total. The Bertz CT molecular complexity index is 1660. The third-order valence-electron chi connectivity index (χ3n) is 17.0. The first-order valence-corrected chi connectivity index (χ1v) is 35.0. The Balaban J connectivity index is 1.68. The molecule has 14 nitrogen and oxygen atoms in total. The fourth-order valence-corrected chi connectivity index (χ4v) is 11.4. The molecule has 0 aliphatic carbocycles. The maximum Gasteiger partial charge on any atom is 0.220 e. The first-order chi connectivity index (χ1) is 41.6. The van der Waals surface area contributed by atoms with Crippen molar-refractivity contribution in [2.24, 2.45) is 0 Å². The molecule has 496 valence electrons. The van der Waals surface area contributed by atoms with E-state index in [9.17, 15) is 45.6 Å². The second-order valence-corrected chi connectivity index (χ2v) is 24.6. The van der Waals surface area contributed by atoms with E-state index in [0.29, 0.717) is 6.42 Å². The molecule has 85 heavy (non-hydrogen) atoms. The van der Waals surface area contributed by atoms with E-state index in [2.05, 4.69) is 67.8 Å². The van der Waals surface area contributed by atoms with E-state index < -0.39 is 86.8 Å². The van der Waals surface area contributed by atoms with Crippen LogP contribution >= 0.6 is 0 Å². The molecule has 14 heteroatoms. The highest BCUT2D eigenvalue weighted by molar-refractivity contribution is 5.76. The average Bonchev–Trinajstić information content (AvgIpc) is 3.69. The summed E-state index contributed by atoms with van der Waals surface area (Å²) in [6, 6.07) is -0.917. The standard InChI is InChI=1S/C71H129NO13/c1-3-5-7-9-11-13-15-17-19-21-23-25-27-28-29-30-31-32-33-35-37-39-41-43-45-47-49-51-53-55-63(76)72-59(58-82-70-68(81)66(79)69(62(57-74)84-70)85-71-67(80)65(78)64(77)61(56-73)83-71)60(75)54-52-50-48-46-44-42-40-38-36-34-26-24-22-20-18-16-14-12-10-8-6-4-2/h5,7,11,13,17,19,23,25,52,54,59-62,64-71,73-75,77-81H,3-4,6,8-10,12,14-16,18,20-22,24,26-51,53,55-58H2,1-2H3,(H,72,76)/b7-5-,13-11-,19-17-,25-23-,54-52+. The van der Waals surface area contributed by atoms with Crippen LogP contribution < -0.4 is 5.32 Å². The fourth-order valence-electron chi connectivity index (χ4n) is 11.4. The van der Waals surface area contributed by atoms with Crippen molar-refractivity contribution in [3.63, 3.8) is 0 Å². The smallest absolute Gasteiger partial charge is 0.220 e. The molecule has 0 radical (unpaired) electrons. The molecule has 2 heterocycles. The predicted molar refractivity (Wildman–Crippen MR) is 346 cm³/mol. The van der Waals surface area contributed by atoms with Crippen molar-refractivity contribution in [3.8, 4) is 0 Å². The van der Waals surface area contributed by atoms with Gasteiger partial charge < -0.3 is 65.1 Å². The van der Waals surface area contributed by atoms with E-state index in [4.69, 9.17) is 18.9 Å². The number of aliphatic hydroxyl groups excluding tert-OH is 8. The summed E-state index contributed by atoms with van der Waals surface area (Å²) in [5.41, 5.74) is 0. The number of aliphatic hydroxyl groups is 8. The molecular weight excluding hydrogens is 1070 g/mol. The minimum atomic E-state index is -1.79. The molecule has 2 aliphatic heterocycles. The number of hydrogen-bond acceptors (Lipinski definition) is 13. The van der Waals surface area contributed by atoms with Crippen LogP contribution in [0.15, 0.2) is 60.8 Å². The van der Waals surface area contributed by atoms with Crippen LogP contribution in [0.3, 0.4) is 0 Å². The molecule has 2 aliphatic rings. The van der Waals surface area contributed by atoms with Crippen molar-refractivity contribution in [1.29, 1.82) is 0 Å². The quantitative estimate of drug-likeness (QED) is 0.0204. The Labute approximate surface area is 517 Å². The molecule has 12 unspecified atom stereocenters. The average molecular weight is 1200 g/mol. The SMILES string of the molecule is CC/C=C\C/C=C\C/C=C\C/C=C\CCCCCCCCCCCCCCCCCCC(=O)NC(COC1OC(CO)C(OC2OC(CO)C(O)C(O)C2O)C(O)C1O)C(O)/C=C/CCCCCCCCCCCCCCCCCCCCCC. The number of amides is 1. The van der Waals surface area contributed by atoms with Crippen LogP contribution in [0.4, 0.5) is 0 Å². The van der Waals surface area contributed by atoms with Crippen LogP contribution in [-0.2, 0) is 23.7 Å². The highest BCUT2D eigenvalue weighted by Crippen LogP contribution is 2.30. The lowest BCUT2D eigenvalue weighted by atomic mass is 9.97. The lowest BCUT2D eigenvalue weighted by Crippen LogP contribution is -2.65. The molecular formula is C71H129NO13. The molecule has 0 bridgehead atoms. The topological polar surface area (TPSA) is 228 Å². The minimum Gasteiger partial charge on any atom is -0.394 e. The molecule has 2 saturated heterocycles. The number of rotatable bonds is 57. The van der Waals surface area contributed by atoms with Crippen LogP contribution in [0.25, 0.3) is 0 Å². The molecule has 12 atom stereocenters. The van der Waals surface area contributed by atoms with Gasteiger partial charge in [-0.05, 0) is 57.8 Å². The molecule has 1 amide bonds. The van der Waals surface area contributed by atoms with Gasteiger partial charge in [0, 0.05) is 6.42 Å². The van der Waals surface area contributed by atoms with Crippen LogP contribution in [0, 0.1) is 0 Å².